The van der Waals surface area contributed by atoms with Gasteiger partial charge >= 0.3 is 0 Å². The number of nitro benzene ring substituents is 1. The van der Waals surface area contributed by atoms with Crippen molar-refractivity contribution in [3.05, 3.63) is 51.3 Å². The Balaban J connectivity index is 2.42. The normalized spacial score (nSPS) is 10.5. The van der Waals surface area contributed by atoms with E-state index in [1.807, 2.05) is 0 Å². The molecular weight excluding hydrogens is 265 g/mol. The first kappa shape index (κ1) is 11.9. The van der Waals surface area contributed by atoms with Crippen molar-refractivity contribution < 1.29 is 4.92 Å². The highest BCUT2D eigenvalue weighted by molar-refractivity contribution is 6.32. The first-order valence-corrected chi connectivity index (χ1v) is 5.58. The molecule has 1 aromatic carbocycles. The molecule has 0 aliphatic rings. The number of aromatic nitrogens is 2. The van der Waals surface area contributed by atoms with Crippen molar-refractivity contribution in [3.8, 4) is 5.69 Å². The van der Waals surface area contributed by atoms with E-state index >= 15 is 0 Å². The number of rotatable bonds is 3. The van der Waals surface area contributed by atoms with Gasteiger partial charge in [-0.25, -0.2) is 4.68 Å². The zero-order chi connectivity index (χ0) is 12.4. The van der Waals surface area contributed by atoms with Crippen molar-refractivity contribution in [2.75, 3.05) is 0 Å². The number of nitro groups is 1. The standard InChI is InChI=1S/C10H7Cl2N3O2/c11-6-7-3-4-14(13-7)10-2-1-8(15(16)17)5-9(10)12/h1-5H,6H2. The predicted molar refractivity (Wildman–Crippen MR) is 64.8 cm³/mol. The predicted octanol–water partition coefficient (Wildman–Crippen LogP) is 3.17. The Labute approximate surface area is 107 Å². The summed E-state index contributed by atoms with van der Waals surface area (Å²) in [5.74, 6) is 0.303. The maximum Gasteiger partial charge on any atom is 0.271 e. The van der Waals surface area contributed by atoms with Crippen LogP contribution < -0.4 is 0 Å². The fourth-order valence-electron chi connectivity index (χ4n) is 1.36. The summed E-state index contributed by atoms with van der Waals surface area (Å²) in [7, 11) is 0. The van der Waals surface area contributed by atoms with Crippen LogP contribution in [0.15, 0.2) is 30.5 Å². The van der Waals surface area contributed by atoms with Gasteiger partial charge in [-0.3, -0.25) is 10.1 Å². The molecule has 0 N–H and O–H groups in total. The lowest BCUT2D eigenvalue weighted by atomic mass is 10.3. The van der Waals surface area contributed by atoms with Gasteiger partial charge in [0.15, 0.2) is 0 Å². The van der Waals surface area contributed by atoms with Gasteiger partial charge in [0, 0.05) is 18.3 Å². The molecule has 0 amide bonds. The molecule has 0 saturated heterocycles. The largest absolute Gasteiger partial charge is 0.271 e. The highest BCUT2D eigenvalue weighted by atomic mass is 35.5. The summed E-state index contributed by atoms with van der Waals surface area (Å²) >= 11 is 11.6. The average molecular weight is 272 g/mol. The summed E-state index contributed by atoms with van der Waals surface area (Å²) in [6.07, 6.45) is 1.70. The third-order valence-electron chi connectivity index (χ3n) is 2.17. The van der Waals surface area contributed by atoms with Crippen LogP contribution >= 0.6 is 23.2 Å². The molecule has 1 aromatic heterocycles. The van der Waals surface area contributed by atoms with Crippen LogP contribution in [0.25, 0.3) is 5.69 Å². The van der Waals surface area contributed by atoms with Gasteiger partial charge in [-0.2, -0.15) is 5.10 Å². The molecule has 0 aliphatic heterocycles. The Morgan fingerprint density at radius 1 is 1.41 bits per heavy atom. The Kier molecular flexibility index (Phi) is 3.31. The SMILES string of the molecule is O=[N+]([O-])c1ccc(-n2ccc(CCl)n2)c(Cl)c1. The molecule has 1 heterocycles. The number of hydrogen-bond donors (Lipinski definition) is 0. The van der Waals surface area contributed by atoms with Gasteiger partial charge in [0.25, 0.3) is 5.69 Å². The molecule has 7 heteroatoms. The van der Waals surface area contributed by atoms with Crippen LogP contribution in [-0.4, -0.2) is 14.7 Å². The van der Waals surface area contributed by atoms with E-state index in [9.17, 15) is 10.1 Å². The highest BCUT2D eigenvalue weighted by Gasteiger charge is 2.11. The van der Waals surface area contributed by atoms with Gasteiger partial charge in [-0.1, -0.05) is 11.6 Å². The van der Waals surface area contributed by atoms with E-state index in [2.05, 4.69) is 5.10 Å². The monoisotopic (exact) mass is 271 g/mol. The zero-order valence-corrected chi connectivity index (χ0v) is 10.0. The van der Waals surface area contributed by atoms with Crippen LogP contribution in [-0.2, 0) is 5.88 Å². The Morgan fingerprint density at radius 3 is 2.71 bits per heavy atom. The van der Waals surface area contributed by atoms with Crippen molar-refractivity contribution in [1.82, 2.24) is 9.78 Å². The molecule has 0 bridgehead atoms. The lowest BCUT2D eigenvalue weighted by Crippen LogP contribution is -1.97. The van der Waals surface area contributed by atoms with E-state index in [1.165, 1.54) is 16.8 Å². The molecule has 0 saturated carbocycles. The average Bonchev–Trinajstić information content (AvgIpc) is 2.77. The van der Waals surface area contributed by atoms with Crippen LogP contribution in [0.3, 0.4) is 0 Å². The second-order valence-electron chi connectivity index (χ2n) is 3.28. The Morgan fingerprint density at radius 2 is 2.18 bits per heavy atom. The Bertz CT molecular complexity index is 568. The lowest BCUT2D eigenvalue weighted by molar-refractivity contribution is -0.384. The van der Waals surface area contributed by atoms with E-state index in [4.69, 9.17) is 23.2 Å². The van der Waals surface area contributed by atoms with Crippen molar-refractivity contribution in [1.29, 1.82) is 0 Å². The Hall–Kier alpha value is -1.59. The molecule has 2 rings (SSSR count). The first-order chi connectivity index (χ1) is 8.11. The summed E-state index contributed by atoms with van der Waals surface area (Å²) in [4.78, 5) is 10.1. The number of hydrogen-bond acceptors (Lipinski definition) is 3. The van der Waals surface area contributed by atoms with E-state index in [0.29, 0.717) is 17.3 Å². The smallest absolute Gasteiger partial charge is 0.258 e. The number of alkyl halides is 1. The molecule has 17 heavy (non-hydrogen) atoms. The molecule has 0 atom stereocenters. The summed E-state index contributed by atoms with van der Waals surface area (Å²) in [5.41, 5.74) is 1.23. The third-order valence-corrected chi connectivity index (χ3v) is 2.75. The molecule has 5 nitrogen and oxygen atoms in total. The number of benzene rings is 1. The fraction of sp³-hybridized carbons (Fsp3) is 0.100. The van der Waals surface area contributed by atoms with Crippen molar-refractivity contribution in [2.45, 2.75) is 5.88 Å². The van der Waals surface area contributed by atoms with E-state index in [1.54, 1.807) is 18.3 Å². The summed E-state index contributed by atoms with van der Waals surface area (Å²) in [6, 6.07) is 5.97. The first-order valence-electron chi connectivity index (χ1n) is 4.66. The second kappa shape index (κ2) is 4.73. The van der Waals surface area contributed by atoms with Gasteiger partial charge in [0.05, 0.1) is 27.2 Å². The van der Waals surface area contributed by atoms with Gasteiger partial charge in [-0.05, 0) is 12.1 Å². The molecule has 0 fully saturated rings. The van der Waals surface area contributed by atoms with Gasteiger partial charge < -0.3 is 0 Å². The molecule has 0 spiro atoms. The summed E-state index contributed by atoms with van der Waals surface area (Å²) in [5, 5.41) is 15.0. The molecule has 0 unspecified atom stereocenters. The van der Waals surface area contributed by atoms with E-state index in [-0.39, 0.29) is 10.7 Å². The highest BCUT2D eigenvalue weighted by Crippen LogP contribution is 2.25. The van der Waals surface area contributed by atoms with E-state index in [0.717, 1.165) is 0 Å². The zero-order valence-electron chi connectivity index (χ0n) is 8.51. The lowest BCUT2D eigenvalue weighted by Gasteiger charge is -2.03. The molecule has 0 radical (unpaired) electrons. The van der Waals surface area contributed by atoms with Crippen molar-refractivity contribution >= 4 is 28.9 Å². The molecule has 2 aromatic rings. The van der Waals surface area contributed by atoms with E-state index < -0.39 is 4.92 Å². The van der Waals surface area contributed by atoms with Crippen LogP contribution in [0.4, 0.5) is 5.69 Å². The quantitative estimate of drug-likeness (QED) is 0.489. The van der Waals surface area contributed by atoms with Crippen LogP contribution in [0, 0.1) is 10.1 Å². The van der Waals surface area contributed by atoms with Gasteiger partial charge in [0.1, 0.15) is 0 Å². The topological polar surface area (TPSA) is 61.0 Å². The number of nitrogens with zero attached hydrogens (tertiary/aromatic N) is 3. The molecular formula is C10H7Cl2N3O2. The second-order valence-corrected chi connectivity index (χ2v) is 3.95. The fourth-order valence-corrected chi connectivity index (χ4v) is 1.77. The van der Waals surface area contributed by atoms with Crippen LogP contribution in [0.1, 0.15) is 5.69 Å². The van der Waals surface area contributed by atoms with Crippen LogP contribution in [0.5, 0.6) is 0 Å². The number of halogens is 2. The minimum Gasteiger partial charge on any atom is -0.258 e. The number of non-ortho nitro benzene ring substituents is 1. The van der Waals surface area contributed by atoms with Gasteiger partial charge in [-0.15, -0.1) is 11.6 Å². The summed E-state index contributed by atoms with van der Waals surface area (Å²) < 4.78 is 1.53. The van der Waals surface area contributed by atoms with Crippen molar-refractivity contribution in [2.24, 2.45) is 0 Å². The van der Waals surface area contributed by atoms with Crippen molar-refractivity contribution in [3.63, 3.8) is 0 Å². The summed E-state index contributed by atoms with van der Waals surface area (Å²) in [6.45, 7) is 0. The minimum absolute atomic E-state index is 0.0523. The maximum absolute atomic E-state index is 10.6. The third kappa shape index (κ3) is 2.40. The molecule has 0 aliphatic carbocycles. The minimum atomic E-state index is -0.497. The maximum atomic E-state index is 10.6. The van der Waals surface area contributed by atoms with Gasteiger partial charge in [0.2, 0.25) is 0 Å². The van der Waals surface area contributed by atoms with Crippen LogP contribution in [0.2, 0.25) is 5.02 Å². The molecule has 88 valence electrons.